The molecule has 0 bridgehead atoms. The highest BCUT2D eigenvalue weighted by Crippen LogP contribution is 2.55. The van der Waals surface area contributed by atoms with Gasteiger partial charge in [0, 0.05) is 50.5 Å². The van der Waals surface area contributed by atoms with Gasteiger partial charge in [-0.05, 0) is 48.9 Å². The summed E-state index contributed by atoms with van der Waals surface area (Å²) in [6, 6.07) is -0.0476. The normalized spacial score (nSPS) is 34.5. The number of aliphatic hydroxyl groups is 1. The first-order chi connectivity index (χ1) is 16.8. The second kappa shape index (κ2) is 11.3. The Bertz CT molecular complexity index is 865. The Hall–Kier alpha value is -2.10. The first-order valence-corrected chi connectivity index (χ1v) is 13.1. The summed E-state index contributed by atoms with van der Waals surface area (Å²) >= 11 is 0. The molecule has 0 aromatic carbocycles. The maximum Gasteiger partial charge on any atom is 0.271 e. The molecular weight excluding hydrogens is 446 g/mol. The molecule has 35 heavy (non-hydrogen) atoms. The third kappa shape index (κ3) is 5.84. The van der Waals surface area contributed by atoms with Crippen LogP contribution in [0.2, 0.25) is 0 Å². The van der Waals surface area contributed by atoms with E-state index in [4.69, 9.17) is 4.74 Å². The van der Waals surface area contributed by atoms with Gasteiger partial charge >= 0.3 is 0 Å². The molecule has 0 unspecified atom stereocenters. The van der Waals surface area contributed by atoms with Crippen molar-refractivity contribution in [1.82, 2.24) is 25.5 Å². The molecule has 2 amide bonds. The van der Waals surface area contributed by atoms with Crippen LogP contribution >= 0.6 is 0 Å². The Kier molecular flexibility index (Phi) is 8.39. The summed E-state index contributed by atoms with van der Waals surface area (Å²) in [6.07, 6.45) is 7.59. The zero-order chi connectivity index (χ0) is 25.0. The van der Waals surface area contributed by atoms with E-state index < -0.39 is 6.10 Å². The molecule has 3 aliphatic rings. The summed E-state index contributed by atoms with van der Waals surface area (Å²) in [4.78, 5) is 36.1. The van der Waals surface area contributed by atoms with Gasteiger partial charge in [0.15, 0.2) is 0 Å². The minimum atomic E-state index is -0.583. The van der Waals surface area contributed by atoms with E-state index in [1.54, 1.807) is 6.20 Å². The quantitative estimate of drug-likeness (QED) is 0.533. The summed E-state index contributed by atoms with van der Waals surface area (Å²) in [6.45, 7) is 11.1. The highest BCUT2D eigenvalue weighted by Gasteiger charge is 2.53. The van der Waals surface area contributed by atoms with Crippen LogP contribution in [0.5, 0.6) is 0 Å². The van der Waals surface area contributed by atoms with Gasteiger partial charge in [-0.25, -0.2) is 4.98 Å². The van der Waals surface area contributed by atoms with Crippen molar-refractivity contribution in [3.8, 4) is 0 Å². The standard InChI is InChI=1S/C26H41N5O4/c1-17(24(33)29-10-11-31-12-14-35-15-13-31)19-4-6-26(3)7-5-20(18(2)22(26)23(19)32)30-25(34)21-16-27-8-9-28-21/h8-9,16-20,22-23,32H,4-7,10-15H2,1-3H3,(H,29,33)(H,30,34)/t17-,18+,19-,20-,22+,23-,26-/m0/s1. The van der Waals surface area contributed by atoms with Crippen molar-refractivity contribution in [1.29, 1.82) is 0 Å². The molecule has 2 heterocycles. The third-order valence-corrected chi connectivity index (χ3v) is 8.89. The molecule has 2 aliphatic carbocycles. The van der Waals surface area contributed by atoms with Gasteiger partial charge in [0.2, 0.25) is 5.91 Å². The molecule has 3 fully saturated rings. The fourth-order valence-electron chi connectivity index (χ4n) is 6.67. The van der Waals surface area contributed by atoms with Gasteiger partial charge in [0.25, 0.3) is 5.91 Å². The Labute approximate surface area is 208 Å². The first kappa shape index (κ1) is 26.0. The van der Waals surface area contributed by atoms with E-state index in [-0.39, 0.29) is 46.9 Å². The topological polar surface area (TPSA) is 117 Å². The Morgan fingerprint density at radius 3 is 2.71 bits per heavy atom. The van der Waals surface area contributed by atoms with Crippen LogP contribution in [0.4, 0.5) is 0 Å². The molecule has 0 radical (unpaired) electrons. The number of rotatable bonds is 7. The number of nitrogens with one attached hydrogen (secondary N) is 2. The molecule has 1 aromatic heterocycles. The SMILES string of the molecule is C[C@H]1[C@@H]2[C@@H](O)[C@H]([C@H](C)C(=O)NCCN3CCOCC3)CC[C@@]2(C)CC[C@@H]1NC(=O)c1cnccn1. The van der Waals surface area contributed by atoms with Crippen LogP contribution in [0.15, 0.2) is 18.6 Å². The molecule has 7 atom stereocenters. The van der Waals surface area contributed by atoms with Crippen LogP contribution in [-0.4, -0.2) is 83.3 Å². The molecule has 1 aliphatic heterocycles. The van der Waals surface area contributed by atoms with Gasteiger partial charge < -0.3 is 20.5 Å². The van der Waals surface area contributed by atoms with E-state index in [0.29, 0.717) is 12.2 Å². The van der Waals surface area contributed by atoms with Crippen LogP contribution in [0.1, 0.15) is 56.9 Å². The van der Waals surface area contributed by atoms with Gasteiger partial charge in [0.05, 0.1) is 25.5 Å². The minimum Gasteiger partial charge on any atom is -0.392 e. The molecule has 9 nitrogen and oxygen atoms in total. The van der Waals surface area contributed by atoms with Crippen molar-refractivity contribution in [3.05, 3.63) is 24.3 Å². The van der Waals surface area contributed by atoms with Crippen molar-refractivity contribution in [2.24, 2.45) is 29.1 Å². The van der Waals surface area contributed by atoms with Gasteiger partial charge in [-0.3, -0.25) is 19.5 Å². The Morgan fingerprint density at radius 2 is 2.00 bits per heavy atom. The number of amides is 2. The largest absolute Gasteiger partial charge is 0.392 e. The Morgan fingerprint density at radius 1 is 1.26 bits per heavy atom. The van der Waals surface area contributed by atoms with Crippen molar-refractivity contribution < 1.29 is 19.4 Å². The first-order valence-electron chi connectivity index (χ1n) is 13.1. The summed E-state index contributed by atoms with van der Waals surface area (Å²) in [5.41, 5.74) is 0.313. The summed E-state index contributed by atoms with van der Waals surface area (Å²) < 4.78 is 5.38. The van der Waals surface area contributed by atoms with Gasteiger partial charge in [0.1, 0.15) is 5.69 Å². The molecule has 0 spiro atoms. The lowest BCUT2D eigenvalue weighted by atomic mass is 9.51. The minimum absolute atomic E-state index is 0.00957. The molecule has 2 saturated carbocycles. The lowest BCUT2D eigenvalue weighted by Crippen LogP contribution is -2.58. The van der Waals surface area contributed by atoms with Crippen molar-refractivity contribution >= 4 is 11.8 Å². The fraction of sp³-hybridized carbons (Fsp3) is 0.769. The summed E-state index contributed by atoms with van der Waals surface area (Å²) in [5.74, 6) is -0.459. The Balaban J connectivity index is 1.36. The van der Waals surface area contributed by atoms with E-state index in [9.17, 15) is 14.7 Å². The lowest BCUT2D eigenvalue weighted by molar-refractivity contribution is -0.142. The number of hydrogen-bond acceptors (Lipinski definition) is 7. The number of aromatic nitrogens is 2. The van der Waals surface area contributed by atoms with Gasteiger partial charge in [-0.15, -0.1) is 0 Å². The van der Waals surface area contributed by atoms with E-state index in [1.807, 2.05) is 6.92 Å². The summed E-state index contributed by atoms with van der Waals surface area (Å²) in [7, 11) is 0. The van der Waals surface area contributed by atoms with Crippen molar-refractivity contribution in [2.75, 3.05) is 39.4 Å². The smallest absolute Gasteiger partial charge is 0.271 e. The predicted molar refractivity (Wildman–Crippen MR) is 131 cm³/mol. The van der Waals surface area contributed by atoms with Crippen LogP contribution < -0.4 is 10.6 Å². The van der Waals surface area contributed by atoms with Crippen LogP contribution in [0, 0.1) is 29.1 Å². The zero-order valence-corrected chi connectivity index (χ0v) is 21.3. The molecule has 194 valence electrons. The number of ether oxygens (including phenoxy) is 1. The van der Waals surface area contributed by atoms with Gasteiger partial charge in [-0.1, -0.05) is 20.8 Å². The maximum atomic E-state index is 13.0. The fourth-order valence-corrected chi connectivity index (χ4v) is 6.67. The predicted octanol–water partition coefficient (Wildman–Crippen LogP) is 1.48. The van der Waals surface area contributed by atoms with E-state index in [1.165, 1.54) is 12.4 Å². The summed E-state index contributed by atoms with van der Waals surface area (Å²) in [5, 5.41) is 17.8. The van der Waals surface area contributed by atoms with E-state index >= 15 is 0 Å². The van der Waals surface area contributed by atoms with Crippen LogP contribution in [-0.2, 0) is 9.53 Å². The highest BCUT2D eigenvalue weighted by atomic mass is 16.5. The maximum absolute atomic E-state index is 13.0. The average Bonchev–Trinajstić information content (AvgIpc) is 2.86. The number of morpholine rings is 1. The molecule has 1 saturated heterocycles. The number of aliphatic hydroxyl groups excluding tert-OH is 1. The van der Waals surface area contributed by atoms with Crippen LogP contribution in [0.25, 0.3) is 0 Å². The van der Waals surface area contributed by atoms with E-state index in [0.717, 1.165) is 58.5 Å². The second-order valence-corrected chi connectivity index (χ2v) is 11.0. The molecule has 4 rings (SSSR count). The second-order valence-electron chi connectivity index (χ2n) is 11.0. The highest BCUT2D eigenvalue weighted by molar-refractivity contribution is 5.92. The lowest BCUT2D eigenvalue weighted by Gasteiger charge is -2.56. The van der Waals surface area contributed by atoms with Crippen LogP contribution in [0.3, 0.4) is 0 Å². The number of fused-ring (bicyclic) bond motifs is 1. The number of hydrogen-bond donors (Lipinski definition) is 3. The van der Waals surface area contributed by atoms with Crippen molar-refractivity contribution in [2.45, 2.75) is 58.6 Å². The molecule has 9 heteroatoms. The number of nitrogens with zero attached hydrogens (tertiary/aromatic N) is 3. The van der Waals surface area contributed by atoms with Gasteiger partial charge in [-0.2, -0.15) is 0 Å². The molecular formula is C26H41N5O4. The van der Waals surface area contributed by atoms with E-state index in [2.05, 4.69) is 39.3 Å². The monoisotopic (exact) mass is 487 g/mol. The number of carbonyl (C=O) groups is 2. The average molecular weight is 488 g/mol. The number of carbonyl (C=O) groups excluding carboxylic acids is 2. The molecule has 3 N–H and O–H groups in total. The third-order valence-electron chi connectivity index (χ3n) is 8.89. The molecule has 1 aromatic rings. The van der Waals surface area contributed by atoms with Crippen molar-refractivity contribution in [3.63, 3.8) is 0 Å². The zero-order valence-electron chi connectivity index (χ0n) is 21.3.